The molecule has 0 amide bonds. The number of carboxylic acid groups (broad SMARTS) is 1. The number of aliphatic hydroxyl groups is 4. The SMILES string of the molecule is CC#C[C@]1(O)CC[C@H]2[C@@H]3CCC4=CC(=O)CCC4=C3[C@@H](c3ccc(N(C)CCC[C@@H]4O[C@H](C(=O)O)[C@@H](O)[C@H](O)[C@H]4O)cc3)C[C@@]21C. The van der Waals surface area contributed by atoms with E-state index in [9.17, 15) is 35.1 Å². The Bertz CT molecular complexity index is 1490. The van der Waals surface area contributed by atoms with E-state index in [0.29, 0.717) is 44.1 Å². The van der Waals surface area contributed by atoms with E-state index < -0.39 is 42.1 Å². The van der Waals surface area contributed by atoms with Gasteiger partial charge in [0.05, 0.1) is 6.10 Å². The van der Waals surface area contributed by atoms with Crippen LogP contribution in [0.5, 0.6) is 0 Å². The van der Waals surface area contributed by atoms with Crippen LogP contribution in [0.15, 0.2) is 47.1 Å². The molecule has 9 nitrogen and oxygen atoms in total. The summed E-state index contributed by atoms with van der Waals surface area (Å²) in [6, 6.07) is 8.57. The molecule has 1 aromatic rings. The summed E-state index contributed by atoms with van der Waals surface area (Å²) in [4.78, 5) is 25.9. The van der Waals surface area contributed by atoms with E-state index >= 15 is 0 Å². The van der Waals surface area contributed by atoms with E-state index in [4.69, 9.17) is 4.74 Å². The summed E-state index contributed by atoms with van der Waals surface area (Å²) in [5, 5.41) is 51.7. The first-order chi connectivity index (χ1) is 21.9. The number of ether oxygens (including phenoxy) is 1. The summed E-state index contributed by atoms with van der Waals surface area (Å²) in [7, 11) is 1.97. The Kier molecular flexibility index (Phi) is 8.98. The second-order valence-corrected chi connectivity index (χ2v) is 14.3. The van der Waals surface area contributed by atoms with E-state index in [2.05, 4.69) is 47.9 Å². The van der Waals surface area contributed by atoms with Crippen LogP contribution in [0.4, 0.5) is 5.69 Å². The number of allylic oxidation sites excluding steroid dienone is 4. The number of hydrogen-bond acceptors (Lipinski definition) is 8. The lowest BCUT2D eigenvalue weighted by atomic mass is 9.51. The zero-order valence-corrected chi connectivity index (χ0v) is 27.0. The van der Waals surface area contributed by atoms with Gasteiger partial charge in [0.2, 0.25) is 0 Å². The Morgan fingerprint density at radius 1 is 1.07 bits per heavy atom. The number of carboxylic acids is 1. The fraction of sp³-hybridized carbons (Fsp3) is 0.622. The van der Waals surface area contributed by atoms with E-state index in [1.807, 2.05) is 13.1 Å². The number of anilines is 1. The van der Waals surface area contributed by atoms with Gasteiger partial charge in [-0.3, -0.25) is 4.79 Å². The molecule has 4 aliphatic carbocycles. The van der Waals surface area contributed by atoms with Crippen molar-refractivity contribution < 1.29 is 39.9 Å². The number of hydrogen-bond donors (Lipinski definition) is 5. The molecule has 3 fully saturated rings. The maximum absolute atomic E-state index is 12.4. The molecule has 0 spiro atoms. The van der Waals surface area contributed by atoms with Gasteiger partial charge in [-0.15, -0.1) is 5.92 Å². The minimum atomic E-state index is -1.69. The van der Waals surface area contributed by atoms with E-state index in [1.54, 1.807) is 6.92 Å². The largest absolute Gasteiger partial charge is 0.479 e. The van der Waals surface area contributed by atoms with Crippen LogP contribution < -0.4 is 4.90 Å². The van der Waals surface area contributed by atoms with Gasteiger partial charge in [0, 0.05) is 37.0 Å². The predicted octanol–water partition coefficient (Wildman–Crippen LogP) is 3.49. The lowest BCUT2D eigenvalue weighted by Gasteiger charge is -2.53. The van der Waals surface area contributed by atoms with Crippen LogP contribution in [0, 0.1) is 29.1 Å². The van der Waals surface area contributed by atoms with Gasteiger partial charge in [-0.05, 0) is 105 Å². The van der Waals surface area contributed by atoms with Crippen LogP contribution in [-0.4, -0.2) is 87.0 Å². The second kappa shape index (κ2) is 12.6. The van der Waals surface area contributed by atoms with Crippen LogP contribution in [0.1, 0.15) is 83.1 Å². The van der Waals surface area contributed by atoms with E-state index in [1.165, 1.54) is 22.3 Å². The molecule has 248 valence electrons. The Balaban J connectivity index is 1.21. The molecular formula is C37H47NO8. The maximum Gasteiger partial charge on any atom is 0.335 e. The van der Waals surface area contributed by atoms with Gasteiger partial charge in [0.25, 0.3) is 0 Å². The van der Waals surface area contributed by atoms with Crippen molar-refractivity contribution in [2.45, 2.75) is 114 Å². The normalized spacial score (nSPS) is 38.6. The van der Waals surface area contributed by atoms with Crippen molar-refractivity contribution in [3.63, 3.8) is 0 Å². The third-order valence-corrected chi connectivity index (χ3v) is 11.9. The number of benzene rings is 1. The summed E-state index contributed by atoms with van der Waals surface area (Å²) in [5.74, 6) is 5.91. The average molecular weight is 634 g/mol. The first kappa shape index (κ1) is 32.9. The van der Waals surface area contributed by atoms with Crippen molar-refractivity contribution >= 4 is 17.4 Å². The molecular weight excluding hydrogens is 586 g/mol. The highest BCUT2D eigenvalue weighted by atomic mass is 16.6. The van der Waals surface area contributed by atoms with Crippen LogP contribution in [0.3, 0.4) is 0 Å². The fourth-order valence-corrected chi connectivity index (χ4v) is 9.39. The zero-order valence-electron chi connectivity index (χ0n) is 27.0. The smallest absolute Gasteiger partial charge is 0.335 e. The Morgan fingerprint density at radius 3 is 2.50 bits per heavy atom. The summed E-state index contributed by atoms with van der Waals surface area (Å²) < 4.78 is 5.44. The lowest BCUT2D eigenvalue weighted by molar-refractivity contribution is -0.228. The molecule has 0 bridgehead atoms. The standard InChI is InChI=1S/C37H47NO8/c1-4-16-37(45)17-15-28-26-13-9-22-19-24(39)12-14-25(22)30(26)27(20-36(28,37)2)21-7-10-23(11-8-21)38(3)18-5-6-29-31(40)32(41)33(42)34(46-29)35(43)44/h7-8,10-11,19,26-29,31-34,40-42,45H,5-6,9,12-15,17-18,20H2,1-3H3,(H,43,44)/t26-,27+,28-,29-,31-,32+,33-,34-,36-,37-/m0/s1. The summed E-state index contributed by atoms with van der Waals surface area (Å²) in [6.07, 6.45) is 1.33. The molecule has 46 heavy (non-hydrogen) atoms. The third-order valence-electron chi connectivity index (χ3n) is 11.9. The van der Waals surface area contributed by atoms with Gasteiger partial charge in [-0.1, -0.05) is 30.6 Å². The van der Waals surface area contributed by atoms with Gasteiger partial charge in [-0.25, -0.2) is 4.79 Å². The first-order valence-corrected chi connectivity index (χ1v) is 16.7. The molecule has 0 unspecified atom stereocenters. The van der Waals surface area contributed by atoms with E-state index in [-0.39, 0.29) is 17.1 Å². The van der Waals surface area contributed by atoms with E-state index in [0.717, 1.165) is 37.8 Å². The van der Waals surface area contributed by atoms with Crippen LogP contribution in [-0.2, 0) is 14.3 Å². The predicted molar refractivity (Wildman–Crippen MR) is 172 cm³/mol. The molecule has 1 aromatic carbocycles. The molecule has 0 radical (unpaired) electrons. The molecule has 5 N–H and O–H groups in total. The number of nitrogens with zero attached hydrogens (tertiary/aromatic N) is 1. The molecule has 0 aromatic heterocycles. The summed E-state index contributed by atoms with van der Waals surface area (Å²) >= 11 is 0. The fourth-order valence-electron chi connectivity index (χ4n) is 9.39. The number of aliphatic carboxylic acids is 1. The molecule has 2 saturated carbocycles. The number of rotatable bonds is 7. The van der Waals surface area contributed by atoms with Crippen molar-refractivity contribution in [1.82, 2.24) is 0 Å². The number of aliphatic hydroxyl groups excluding tert-OH is 3. The number of carbonyl (C=O) groups is 2. The summed E-state index contributed by atoms with van der Waals surface area (Å²) in [6.45, 7) is 4.65. The van der Waals surface area contributed by atoms with Crippen molar-refractivity contribution in [3.05, 3.63) is 52.6 Å². The maximum atomic E-state index is 12.4. The average Bonchev–Trinajstić information content (AvgIpc) is 3.29. The van der Waals surface area contributed by atoms with Gasteiger partial charge in [0.1, 0.15) is 23.9 Å². The van der Waals surface area contributed by atoms with Crippen molar-refractivity contribution in [3.8, 4) is 11.8 Å². The van der Waals surface area contributed by atoms with Crippen molar-refractivity contribution in [2.24, 2.45) is 17.3 Å². The molecule has 1 heterocycles. The van der Waals surface area contributed by atoms with Gasteiger partial charge in [0.15, 0.2) is 11.9 Å². The third kappa shape index (κ3) is 5.52. The second-order valence-electron chi connectivity index (χ2n) is 14.3. The van der Waals surface area contributed by atoms with Crippen LogP contribution in [0.25, 0.3) is 0 Å². The Labute approximate surface area is 271 Å². The van der Waals surface area contributed by atoms with Gasteiger partial charge >= 0.3 is 5.97 Å². The van der Waals surface area contributed by atoms with Crippen LogP contribution in [0.2, 0.25) is 0 Å². The monoisotopic (exact) mass is 633 g/mol. The molecule has 1 saturated heterocycles. The highest BCUT2D eigenvalue weighted by molar-refractivity contribution is 5.93. The first-order valence-electron chi connectivity index (χ1n) is 16.7. The van der Waals surface area contributed by atoms with Crippen LogP contribution >= 0.6 is 0 Å². The molecule has 10 atom stereocenters. The lowest BCUT2D eigenvalue weighted by Crippen LogP contribution is -2.59. The van der Waals surface area contributed by atoms with Crippen molar-refractivity contribution in [1.29, 1.82) is 0 Å². The highest BCUT2D eigenvalue weighted by Crippen LogP contribution is 2.66. The Morgan fingerprint density at radius 2 is 1.80 bits per heavy atom. The topological polar surface area (TPSA) is 148 Å². The molecule has 6 rings (SSSR count). The summed E-state index contributed by atoms with van der Waals surface area (Å²) in [5.41, 5.74) is 4.89. The van der Waals surface area contributed by atoms with Crippen molar-refractivity contribution in [2.75, 3.05) is 18.5 Å². The molecule has 1 aliphatic heterocycles. The van der Waals surface area contributed by atoms with Gasteiger partial charge < -0.3 is 35.2 Å². The Hall–Kier alpha value is -3.00. The minimum Gasteiger partial charge on any atom is -0.479 e. The quantitative estimate of drug-likeness (QED) is 0.285. The minimum absolute atomic E-state index is 0.120. The molecule has 9 heteroatoms. The number of carbonyl (C=O) groups excluding carboxylic acids is 1. The zero-order chi connectivity index (χ0) is 33.0. The number of ketones is 1. The highest BCUT2D eigenvalue weighted by Gasteiger charge is 2.62. The molecule has 5 aliphatic rings. The van der Waals surface area contributed by atoms with Gasteiger partial charge in [-0.2, -0.15) is 0 Å². The number of fused-ring (bicyclic) bond motifs is 4.